The fourth-order valence-electron chi connectivity index (χ4n) is 1.09. The molecule has 0 aromatic heterocycles. The van der Waals surface area contributed by atoms with Crippen molar-refractivity contribution in [2.45, 2.75) is 19.4 Å². The first-order chi connectivity index (χ1) is 7.41. The zero-order chi connectivity index (χ0) is 12.2. The molecule has 0 aliphatic carbocycles. The van der Waals surface area contributed by atoms with Crippen molar-refractivity contribution in [2.24, 2.45) is 0 Å². The fourth-order valence-corrected chi connectivity index (χ4v) is 1.09. The lowest BCUT2D eigenvalue weighted by molar-refractivity contribution is -0.139. The molecule has 0 bridgehead atoms. The number of carbonyl (C=O) groups excluding carboxylic acids is 3. The molecule has 0 spiro atoms. The molecule has 0 aromatic carbocycles. The molecule has 1 unspecified atom stereocenters. The van der Waals surface area contributed by atoms with Crippen LogP contribution in [0.25, 0.3) is 0 Å². The van der Waals surface area contributed by atoms with E-state index in [0.29, 0.717) is 0 Å². The van der Waals surface area contributed by atoms with E-state index in [1.165, 1.54) is 6.92 Å². The van der Waals surface area contributed by atoms with E-state index in [1.54, 1.807) is 6.92 Å². The summed E-state index contributed by atoms with van der Waals surface area (Å²) in [7, 11) is 0. The van der Waals surface area contributed by atoms with E-state index in [4.69, 9.17) is 4.74 Å². The molecule has 1 heterocycles. The molecular weight excluding hydrogens is 214 g/mol. The summed E-state index contributed by atoms with van der Waals surface area (Å²) in [6, 6.07) is 0. The normalized spacial score (nSPS) is 24.0. The third kappa shape index (κ3) is 3.72. The lowest BCUT2D eigenvalue weighted by Crippen LogP contribution is -2.45. The molecule has 6 nitrogen and oxygen atoms in total. The second-order valence-electron chi connectivity index (χ2n) is 3.81. The second kappa shape index (κ2) is 4.78. The van der Waals surface area contributed by atoms with Gasteiger partial charge in [-0.05, 0) is 19.9 Å². The topological polar surface area (TPSA) is 81.7 Å². The summed E-state index contributed by atoms with van der Waals surface area (Å²) in [5.74, 6) is -0.863. The van der Waals surface area contributed by atoms with Crippen LogP contribution in [0.15, 0.2) is 12.2 Å². The van der Waals surface area contributed by atoms with Crippen molar-refractivity contribution < 1.29 is 23.9 Å². The number of hydrogen-bond acceptors (Lipinski definition) is 5. The number of alkyl carbamates (subject to hydrolysis) is 1. The van der Waals surface area contributed by atoms with Crippen LogP contribution in [0.4, 0.5) is 4.79 Å². The summed E-state index contributed by atoms with van der Waals surface area (Å²) in [4.78, 5) is 32.4. The smallest absolute Gasteiger partial charge is 0.407 e. The molecule has 1 rings (SSSR count). The monoisotopic (exact) mass is 227 g/mol. The average molecular weight is 227 g/mol. The van der Waals surface area contributed by atoms with Crippen LogP contribution >= 0.6 is 0 Å². The van der Waals surface area contributed by atoms with Crippen LogP contribution in [0.3, 0.4) is 0 Å². The van der Waals surface area contributed by atoms with Crippen molar-refractivity contribution in [3.63, 3.8) is 0 Å². The van der Waals surface area contributed by atoms with Gasteiger partial charge in [0.1, 0.15) is 18.8 Å². The van der Waals surface area contributed by atoms with Gasteiger partial charge in [0.25, 0.3) is 0 Å². The van der Waals surface area contributed by atoms with Crippen LogP contribution in [0.2, 0.25) is 0 Å². The van der Waals surface area contributed by atoms with Crippen LogP contribution in [-0.4, -0.2) is 36.6 Å². The van der Waals surface area contributed by atoms with Crippen LogP contribution in [-0.2, 0) is 19.1 Å². The van der Waals surface area contributed by atoms with Crippen LogP contribution in [0.1, 0.15) is 13.8 Å². The van der Waals surface area contributed by atoms with Gasteiger partial charge in [0, 0.05) is 6.08 Å². The van der Waals surface area contributed by atoms with Gasteiger partial charge in [-0.1, -0.05) is 0 Å². The van der Waals surface area contributed by atoms with Crippen molar-refractivity contribution in [3.05, 3.63) is 12.2 Å². The number of rotatable bonds is 4. The van der Waals surface area contributed by atoms with Gasteiger partial charge < -0.3 is 14.8 Å². The SMILES string of the molecule is CC(=O)/C=C/C(=O)OCC1(C)COC(=O)N1. The van der Waals surface area contributed by atoms with Gasteiger partial charge in [0.2, 0.25) is 0 Å². The van der Waals surface area contributed by atoms with Crippen LogP contribution in [0.5, 0.6) is 0 Å². The van der Waals surface area contributed by atoms with Crippen molar-refractivity contribution in [2.75, 3.05) is 13.2 Å². The molecule has 0 aromatic rings. The predicted octanol–water partition coefficient (Wildman–Crippen LogP) is 0.173. The molecule has 88 valence electrons. The minimum atomic E-state index is -0.698. The summed E-state index contributed by atoms with van der Waals surface area (Å²) >= 11 is 0. The van der Waals surface area contributed by atoms with Gasteiger partial charge in [0.15, 0.2) is 5.78 Å². The molecule has 1 fully saturated rings. The van der Waals surface area contributed by atoms with E-state index >= 15 is 0 Å². The maximum absolute atomic E-state index is 11.1. The third-order valence-electron chi connectivity index (χ3n) is 1.91. The quantitative estimate of drug-likeness (QED) is 0.547. The summed E-state index contributed by atoms with van der Waals surface area (Å²) in [6.45, 7) is 3.17. The van der Waals surface area contributed by atoms with Gasteiger partial charge >= 0.3 is 12.1 Å². The molecule has 0 saturated carbocycles. The molecule has 16 heavy (non-hydrogen) atoms. The number of ether oxygens (including phenoxy) is 2. The van der Waals surface area contributed by atoms with Crippen molar-refractivity contribution >= 4 is 17.8 Å². The zero-order valence-corrected chi connectivity index (χ0v) is 9.11. The Hall–Kier alpha value is -1.85. The molecule has 1 atom stereocenters. The predicted molar refractivity (Wildman–Crippen MR) is 53.7 cm³/mol. The molecule has 0 radical (unpaired) electrons. The molecule has 1 saturated heterocycles. The van der Waals surface area contributed by atoms with Crippen molar-refractivity contribution in [1.29, 1.82) is 0 Å². The van der Waals surface area contributed by atoms with E-state index in [9.17, 15) is 14.4 Å². The number of amides is 1. The largest absolute Gasteiger partial charge is 0.460 e. The zero-order valence-electron chi connectivity index (χ0n) is 9.11. The Morgan fingerprint density at radius 3 is 2.75 bits per heavy atom. The van der Waals surface area contributed by atoms with Crippen LogP contribution in [0, 0.1) is 0 Å². The molecular formula is C10H13NO5. The fraction of sp³-hybridized carbons (Fsp3) is 0.500. The number of hydrogen-bond donors (Lipinski definition) is 1. The number of nitrogens with one attached hydrogen (secondary N) is 1. The minimum absolute atomic E-state index is 0.000180. The number of ketones is 1. The highest BCUT2D eigenvalue weighted by molar-refractivity contribution is 5.94. The number of allylic oxidation sites excluding steroid dienone is 1. The molecule has 1 aliphatic rings. The van der Waals surface area contributed by atoms with E-state index in [0.717, 1.165) is 12.2 Å². The third-order valence-corrected chi connectivity index (χ3v) is 1.91. The Bertz CT molecular complexity index is 349. The van der Waals surface area contributed by atoms with Gasteiger partial charge in [0.05, 0.1) is 0 Å². The summed E-state index contributed by atoms with van der Waals surface area (Å²) in [5, 5.41) is 2.52. The molecule has 6 heteroatoms. The molecule has 1 amide bonds. The first kappa shape index (κ1) is 12.2. The van der Waals surface area contributed by atoms with E-state index in [2.05, 4.69) is 10.1 Å². The van der Waals surface area contributed by atoms with Gasteiger partial charge in [-0.15, -0.1) is 0 Å². The first-order valence-electron chi connectivity index (χ1n) is 4.72. The number of esters is 1. The van der Waals surface area contributed by atoms with Gasteiger partial charge in [-0.2, -0.15) is 0 Å². The average Bonchev–Trinajstić information content (AvgIpc) is 2.53. The summed E-state index contributed by atoms with van der Waals surface area (Å²) in [6.07, 6.45) is 1.63. The van der Waals surface area contributed by atoms with E-state index in [-0.39, 0.29) is 19.0 Å². The summed E-state index contributed by atoms with van der Waals surface area (Å²) in [5.41, 5.74) is -0.698. The standard InChI is InChI=1S/C10H13NO5/c1-7(12)3-4-8(13)15-5-10(2)6-16-9(14)11-10/h3-4H,5-6H2,1-2H3,(H,11,14)/b4-3+. The second-order valence-corrected chi connectivity index (χ2v) is 3.81. The summed E-state index contributed by atoms with van der Waals surface area (Å²) < 4.78 is 9.54. The lowest BCUT2D eigenvalue weighted by Gasteiger charge is -2.19. The molecule has 1 aliphatic heterocycles. The maximum atomic E-state index is 11.1. The minimum Gasteiger partial charge on any atom is -0.460 e. The van der Waals surface area contributed by atoms with Gasteiger partial charge in [-0.3, -0.25) is 4.79 Å². The highest BCUT2D eigenvalue weighted by Gasteiger charge is 2.36. The van der Waals surface area contributed by atoms with E-state index in [1.807, 2.05) is 0 Å². The highest BCUT2D eigenvalue weighted by atomic mass is 16.6. The Labute approximate surface area is 92.6 Å². The van der Waals surface area contributed by atoms with Crippen molar-refractivity contribution in [1.82, 2.24) is 5.32 Å². The van der Waals surface area contributed by atoms with E-state index < -0.39 is 17.6 Å². The van der Waals surface area contributed by atoms with Gasteiger partial charge in [-0.25, -0.2) is 9.59 Å². The Morgan fingerprint density at radius 2 is 2.25 bits per heavy atom. The number of cyclic esters (lactones) is 1. The lowest BCUT2D eigenvalue weighted by atomic mass is 10.1. The first-order valence-corrected chi connectivity index (χ1v) is 4.72. The Balaban J connectivity index is 2.37. The van der Waals surface area contributed by atoms with Crippen LogP contribution < -0.4 is 5.32 Å². The maximum Gasteiger partial charge on any atom is 0.407 e. The number of carbonyl (C=O) groups is 3. The Kier molecular flexibility index (Phi) is 3.65. The Morgan fingerprint density at radius 1 is 1.56 bits per heavy atom. The van der Waals surface area contributed by atoms with Crippen molar-refractivity contribution in [3.8, 4) is 0 Å². The highest BCUT2D eigenvalue weighted by Crippen LogP contribution is 2.12. The molecule has 1 N–H and O–H groups in total.